The van der Waals surface area contributed by atoms with Gasteiger partial charge in [-0.3, -0.25) is 4.79 Å². The highest BCUT2D eigenvalue weighted by molar-refractivity contribution is 14.1. The van der Waals surface area contributed by atoms with Crippen molar-refractivity contribution in [1.82, 2.24) is 0 Å². The van der Waals surface area contributed by atoms with Crippen LogP contribution in [0, 0.1) is 10.5 Å². The molecule has 0 saturated heterocycles. The summed E-state index contributed by atoms with van der Waals surface area (Å²) in [6.45, 7) is 1.97. The molecule has 0 aromatic heterocycles. The van der Waals surface area contributed by atoms with Gasteiger partial charge in [-0.1, -0.05) is 0 Å². The standard InChI is InChI=1S/C9H9IO2/c1-6-3-8(10)7(5-11)9(4-6)12-2/h3-5H,1-2H3. The number of carbonyl (C=O) groups is 1. The average molecular weight is 276 g/mol. The molecule has 0 bridgehead atoms. The number of carbonyl (C=O) groups excluding carboxylic acids is 1. The average Bonchev–Trinajstić information content (AvgIpc) is 2.03. The van der Waals surface area contributed by atoms with E-state index >= 15 is 0 Å². The molecule has 0 spiro atoms. The van der Waals surface area contributed by atoms with E-state index in [0.717, 1.165) is 15.4 Å². The molecule has 1 aromatic carbocycles. The molecule has 0 saturated carbocycles. The Labute approximate surface area is 85.1 Å². The maximum absolute atomic E-state index is 10.6. The van der Waals surface area contributed by atoms with Crippen molar-refractivity contribution in [3.63, 3.8) is 0 Å². The third kappa shape index (κ3) is 1.77. The first-order valence-electron chi connectivity index (χ1n) is 3.48. The summed E-state index contributed by atoms with van der Waals surface area (Å²) in [5, 5.41) is 0. The van der Waals surface area contributed by atoms with Gasteiger partial charge in [-0.2, -0.15) is 0 Å². The zero-order valence-corrected chi connectivity index (χ0v) is 9.08. The van der Waals surface area contributed by atoms with Crippen LogP contribution >= 0.6 is 22.6 Å². The maximum Gasteiger partial charge on any atom is 0.154 e. The molecule has 1 rings (SSSR count). The number of aldehydes is 1. The molecule has 0 radical (unpaired) electrons. The van der Waals surface area contributed by atoms with Gasteiger partial charge >= 0.3 is 0 Å². The Morgan fingerprint density at radius 3 is 2.67 bits per heavy atom. The summed E-state index contributed by atoms with van der Waals surface area (Å²) < 4.78 is 5.99. The van der Waals surface area contributed by atoms with Gasteiger partial charge in [-0.15, -0.1) is 0 Å². The molecular formula is C9H9IO2. The Kier molecular flexibility index (Phi) is 3.08. The summed E-state index contributed by atoms with van der Waals surface area (Å²) in [7, 11) is 1.57. The minimum atomic E-state index is 0.628. The van der Waals surface area contributed by atoms with Gasteiger partial charge in [0.15, 0.2) is 6.29 Å². The van der Waals surface area contributed by atoms with Gasteiger partial charge in [0.1, 0.15) is 5.75 Å². The second-order valence-corrected chi connectivity index (χ2v) is 3.64. The molecule has 0 aliphatic rings. The molecule has 12 heavy (non-hydrogen) atoms. The van der Waals surface area contributed by atoms with Gasteiger partial charge in [0, 0.05) is 3.57 Å². The van der Waals surface area contributed by atoms with Crippen LogP contribution in [0.2, 0.25) is 0 Å². The summed E-state index contributed by atoms with van der Waals surface area (Å²) in [6, 6.07) is 3.80. The van der Waals surface area contributed by atoms with Gasteiger partial charge in [0.25, 0.3) is 0 Å². The Morgan fingerprint density at radius 2 is 2.17 bits per heavy atom. The maximum atomic E-state index is 10.6. The molecule has 0 N–H and O–H groups in total. The fourth-order valence-electron chi connectivity index (χ4n) is 1.00. The minimum absolute atomic E-state index is 0.628. The molecule has 3 heteroatoms. The third-order valence-corrected chi connectivity index (χ3v) is 2.47. The fraction of sp³-hybridized carbons (Fsp3) is 0.222. The summed E-state index contributed by atoms with van der Waals surface area (Å²) >= 11 is 2.12. The van der Waals surface area contributed by atoms with Crippen molar-refractivity contribution in [2.45, 2.75) is 6.92 Å². The van der Waals surface area contributed by atoms with E-state index in [0.29, 0.717) is 11.3 Å². The Balaban J connectivity index is 3.33. The van der Waals surface area contributed by atoms with Crippen molar-refractivity contribution in [2.75, 3.05) is 7.11 Å². The first-order chi connectivity index (χ1) is 5.69. The monoisotopic (exact) mass is 276 g/mol. The molecule has 0 aliphatic heterocycles. The molecule has 1 aromatic rings. The summed E-state index contributed by atoms with van der Waals surface area (Å²) in [4.78, 5) is 10.6. The molecule has 2 nitrogen and oxygen atoms in total. The lowest BCUT2D eigenvalue weighted by Crippen LogP contribution is -1.94. The molecule has 0 heterocycles. The second kappa shape index (κ2) is 3.89. The SMILES string of the molecule is COc1cc(C)cc(I)c1C=O. The molecule has 0 aliphatic carbocycles. The number of hydrogen-bond donors (Lipinski definition) is 0. The van der Waals surface area contributed by atoms with Crippen molar-refractivity contribution >= 4 is 28.9 Å². The zero-order valence-electron chi connectivity index (χ0n) is 6.93. The number of halogens is 1. The number of ether oxygens (including phenoxy) is 1. The first kappa shape index (κ1) is 9.51. The lowest BCUT2D eigenvalue weighted by Gasteiger charge is -2.06. The van der Waals surface area contributed by atoms with Crippen LogP contribution in [-0.2, 0) is 0 Å². The summed E-state index contributed by atoms with van der Waals surface area (Å²) in [5.41, 5.74) is 1.73. The highest BCUT2D eigenvalue weighted by Gasteiger charge is 2.06. The van der Waals surface area contributed by atoms with Crippen LogP contribution in [0.3, 0.4) is 0 Å². The van der Waals surface area contributed by atoms with Crippen LogP contribution in [0.1, 0.15) is 15.9 Å². The van der Waals surface area contributed by atoms with E-state index in [9.17, 15) is 4.79 Å². The lowest BCUT2D eigenvalue weighted by atomic mass is 10.1. The van der Waals surface area contributed by atoms with Crippen molar-refractivity contribution < 1.29 is 9.53 Å². The molecule has 64 valence electrons. The second-order valence-electron chi connectivity index (χ2n) is 2.48. The van der Waals surface area contributed by atoms with Crippen LogP contribution < -0.4 is 4.74 Å². The quantitative estimate of drug-likeness (QED) is 0.612. The van der Waals surface area contributed by atoms with E-state index in [1.54, 1.807) is 7.11 Å². The summed E-state index contributed by atoms with van der Waals surface area (Å²) in [5.74, 6) is 0.648. The molecule has 0 fully saturated rings. The first-order valence-corrected chi connectivity index (χ1v) is 4.56. The van der Waals surface area contributed by atoms with E-state index in [2.05, 4.69) is 22.6 Å². The minimum Gasteiger partial charge on any atom is -0.496 e. The van der Waals surface area contributed by atoms with Crippen LogP contribution in [0.4, 0.5) is 0 Å². The number of hydrogen-bond acceptors (Lipinski definition) is 2. The Morgan fingerprint density at radius 1 is 1.50 bits per heavy atom. The van der Waals surface area contributed by atoms with E-state index in [-0.39, 0.29) is 0 Å². The topological polar surface area (TPSA) is 26.3 Å². The predicted octanol–water partition coefficient (Wildman–Crippen LogP) is 2.42. The highest BCUT2D eigenvalue weighted by atomic mass is 127. The highest BCUT2D eigenvalue weighted by Crippen LogP contribution is 2.23. The fourth-order valence-corrected chi connectivity index (χ4v) is 1.89. The zero-order chi connectivity index (χ0) is 9.14. The number of methoxy groups -OCH3 is 1. The van der Waals surface area contributed by atoms with Gasteiger partial charge in [0.2, 0.25) is 0 Å². The third-order valence-electron chi connectivity index (χ3n) is 1.57. The van der Waals surface area contributed by atoms with Gasteiger partial charge in [-0.25, -0.2) is 0 Å². The molecule has 0 unspecified atom stereocenters. The summed E-state index contributed by atoms with van der Waals surface area (Å²) in [6.07, 6.45) is 0.819. The normalized spacial score (nSPS) is 9.58. The van der Waals surface area contributed by atoms with Crippen LogP contribution in [0.25, 0.3) is 0 Å². The van der Waals surface area contributed by atoms with E-state index in [4.69, 9.17) is 4.74 Å². The van der Waals surface area contributed by atoms with Gasteiger partial charge < -0.3 is 4.74 Å². The Bertz CT molecular complexity index is 308. The van der Waals surface area contributed by atoms with Crippen molar-refractivity contribution in [3.05, 3.63) is 26.8 Å². The van der Waals surface area contributed by atoms with Crippen LogP contribution in [0.15, 0.2) is 12.1 Å². The van der Waals surface area contributed by atoms with Gasteiger partial charge in [-0.05, 0) is 47.2 Å². The largest absolute Gasteiger partial charge is 0.496 e. The van der Waals surface area contributed by atoms with Crippen molar-refractivity contribution in [3.8, 4) is 5.75 Å². The predicted molar refractivity (Wildman–Crippen MR) is 55.8 cm³/mol. The van der Waals surface area contributed by atoms with E-state index in [1.165, 1.54) is 0 Å². The van der Waals surface area contributed by atoms with Gasteiger partial charge in [0.05, 0.1) is 12.7 Å². The Hall–Kier alpha value is -0.580. The van der Waals surface area contributed by atoms with E-state index in [1.807, 2.05) is 19.1 Å². The van der Waals surface area contributed by atoms with Crippen molar-refractivity contribution in [1.29, 1.82) is 0 Å². The number of benzene rings is 1. The van der Waals surface area contributed by atoms with E-state index < -0.39 is 0 Å². The lowest BCUT2D eigenvalue weighted by molar-refractivity contribution is 0.112. The van der Waals surface area contributed by atoms with Crippen LogP contribution in [0.5, 0.6) is 5.75 Å². The molecule has 0 atom stereocenters. The smallest absolute Gasteiger partial charge is 0.154 e. The number of aryl methyl sites for hydroxylation is 1. The molecule has 0 amide bonds. The molecular weight excluding hydrogens is 267 g/mol. The number of rotatable bonds is 2. The van der Waals surface area contributed by atoms with Crippen molar-refractivity contribution in [2.24, 2.45) is 0 Å². The van der Waals surface area contributed by atoms with Crippen LogP contribution in [-0.4, -0.2) is 13.4 Å².